The molecule has 0 radical (unpaired) electrons. The third-order valence-corrected chi connectivity index (χ3v) is 7.12. The Labute approximate surface area is 204 Å². The summed E-state index contributed by atoms with van der Waals surface area (Å²) in [5.74, 6) is -0.261. The lowest BCUT2D eigenvalue weighted by molar-refractivity contribution is 0.180. The van der Waals surface area contributed by atoms with Crippen molar-refractivity contribution in [2.45, 2.75) is 18.3 Å². The number of piperidine rings is 1. The van der Waals surface area contributed by atoms with E-state index in [1.807, 2.05) is 24.3 Å². The van der Waals surface area contributed by atoms with Gasteiger partial charge in [-0.25, -0.2) is 9.18 Å². The maximum absolute atomic E-state index is 14.3. The number of likely N-dealkylation sites (tertiary alicyclic amines) is 1. The molecule has 1 fully saturated rings. The van der Waals surface area contributed by atoms with Gasteiger partial charge >= 0.3 is 6.03 Å². The molecule has 0 saturated carbocycles. The van der Waals surface area contributed by atoms with Crippen molar-refractivity contribution in [3.63, 3.8) is 0 Å². The van der Waals surface area contributed by atoms with E-state index in [4.69, 9.17) is 11.6 Å². The van der Waals surface area contributed by atoms with Crippen LogP contribution in [0.3, 0.4) is 0 Å². The van der Waals surface area contributed by atoms with E-state index >= 15 is 0 Å². The Morgan fingerprint density at radius 1 is 1.03 bits per heavy atom. The largest absolute Gasteiger partial charge is 0.326 e. The van der Waals surface area contributed by atoms with E-state index in [1.165, 1.54) is 11.6 Å². The van der Waals surface area contributed by atoms with Gasteiger partial charge in [-0.3, -0.25) is 9.80 Å². The van der Waals surface area contributed by atoms with Crippen molar-refractivity contribution in [1.29, 1.82) is 0 Å². The number of anilines is 2. The molecule has 174 valence electrons. The van der Waals surface area contributed by atoms with Gasteiger partial charge < -0.3 is 5.32 Å². The molecule has 34 heavy (non-hydrogen) atoms. The Bertz CT molecular complexity index is 1210. The predicted molar refractivity (Wildman–Crippen MR) is 137 cm³/mol. The number of amides is 2. The van der Waals surface area contributed by atoms with Crippen molar-refractivity contribution in [3.05, 3.63) is 101 Å². The monoisotopic (exact) mass is 475 g/mol. The SMILES string of the molecule is O=C(Nc1cccc(Cl)c1)N1CC2(CCN(CC=Cc3ccccc3)CC2)c2cc(F)ccc21. The number of rotatable bonds is 4. The third-order valence-electron chi connectivity index (χ3n) is 6.89. The lowest BCUT2D eigenvalue weighted by atomic mass is 9.74. The molecule has 3 aromatic rings. The van der Waals surface area contributed by atoms with E-state index in [1.54, 1.807) is 35.2 Å². The van der Waals surface area contributed by atoms with Crippen molar-refractivity contribution in [2.75, 3.05) is 36.4 Å². The van der Waals surface area contributed by atoms with Gasteiger partial charge in [0.25, 0.3) is 0 Å². The highest BCUT2D eigenvalue weighted by Crippen LogP contribution is 2.47. The smallest absolute Gasteiger partial charge is 0.307 e. The summed E-state index contributed by atoms with van der Waals surface area (Å²) in [5, 5.41) is 3.51. The highest BCUT2D eigenvalue weighted by atomic mass is 35.5. The van der Waals surface area contributed by atoms with E-state index in [-0.39, 0.29) is 17.3 Å². The first-order valence-electron chi connectivity index (χ1n) is 11.6. The van der Waals surface area contributed by atoms with Crippen LogP contribution in [0, 0.1) is 5.82 Å². The number of nitrogens with zero attached hydrogens (tertiary/aromatic N) is 2. The van der Waals surface area contributed by atoms with Crippen LogP contribution in [-0.2, 0) is 5.41 Å². The first-order valence-corrected chi connectivity index (χ1v) is 12.0. The number of fused-ring (bicyclic) bond motifs is 2. The molecule has 6 heteroatoms. The standard InChI is InChI=1S/C28H27ClFN3O/c29-22-9-4-10-24(18-22)31-27(34)33-20-28(25-19-23(30)11-12-26(25)33)13-16-32(17-14-28)15-5-8-21-6-2-1-3-7-21/h1-12,18-19H,13-17,20H2,(H,31,34). The van der Waals surface area contributed by atoms with Gasteiger partial charge in [0.2, 0.25) is 0 Å². The van der Waals surface area contributed by atoms with Gasteiger partial charge in [0.1, 0.15) is 5.82 Å². The fourth-order valence-corrected chi connectivity index (χ4v) is 5.26. The van der Waals surface area contributed by atoms with Gasteiger partial charge in [-0.15, -0.1) is 0 Å². The van der Waals surface area contributed by atoms with Crippen LogP contribution in [0.1, 0.15) is 24.0 Å². The Morgan fingerprint density at radius 2 is 1.82 bits per heavy atom. The van der Waals surface area contributed by atoms with Crippen molar-refractivity contribution in [1.82, 2.24) is 4.90 Å². The molecule has 0 bridgehead atoms. The second-order valence-corrected chi connectivity index (χ2v) is 9.52. The fraction of sp³-hybridized carbons (Fsp3) is 0.250. The van der Waals surface area contributed by atoms with Crippen LogP contribution in [0.15, 0.2) is 78.9 Å². The van der Waals surface area contributed by atoms with E-state index in [0.717, 1.165) is 43.7 Å². The van der Waals surface area contributed by atoms with Crippen LogP contribution in [0.4, 0.5) is 20.6 Å². The van der Waals surface area contributed by atoms with Gasteiger partial charge in [-0.05, 0) is 73.5 Å². The first kappa shape index (κ1) is 22.6. The second kappa shape index (κ2) is 9.61. The van der Waals surface area contributed by atoms with E-state index in [0.29, 0.717) is 17.3 Å². The Balaban J connectivity index is 1.29. The number of urea groups is 1. The summed E-state index contributed by atoms with van der Waals surface area (Å²) < 4.78 is 14.3. The van der Waals surface area contributed by atoms with Crippen molar-refractivity contribution < 1.29 is 9.18 Å². The average molecular weight is 476 g/mol. The first-order chi connectivity index (χ1) is 16.5. The normalized spacial score (nSPS) is 17.3. The lowest BCUT2D eigenvalue weighted by Crippen LogP contribution is -2.46. The molecule has 1 saturated heterocycles. The Morgan fingerprint density at radius 3 is 2.59 bits per heavy atom. The third kappa shape index (κ3) is 4.72. The van der Waals surface area contributed by atoms with Crippen molar-refractivity contribution in [2.24, 2.45) is 0 Å². The zero-order valence-corrected chi connectivity index (χ0v) is 19.6. The summed E-state index contributed by atoms with van der Waals surface area (Å²) in [4.78, 5) is 17.4. The second-order valence-electron chi connectivity index (χ2n) is 9.08. The van der Waals surface area contributed by atoms with Crippen LogP contribution >= 0.6 is 11.6 Å². The minimum atomic E-state index is -0.261. The van der Waals surface area contributed by atoms with Crippen LogP contribution in [-0.4, -0.2) is 37.1 Å². The molecule has 0 aliphatic carbocycles. The van der Waals surface area contributed by atoms with E-state index < -0.39 is 0 Å². The molecule has 0 atom stereocenters. The van der Waals surface area contributed by atoms with E-state index in [9.17, 15) is 9.18 Å². The summed E-state index contributed by atoms with van der Waals surface area (Å²) in [7, 11) is 0. The molecular weight excluding hydrogens is 449 g/mol. The highest BCUT2D eigenvalue weighted by molar-refractivity contribution is 6.30. The molecule has 3 aromatic carbocycles. The number of benzene rings is 3. The molecule has 1 N–H and O–H groups in total. The highest BCUT2D eigenvalue weighted by Gasteiger charge is 2.46. The molecule has 0 unspecified atom stereocenters. The molecule has 1 spiro atoms. The van der Waals surface area contributed by atoms with Crippen molar-refractivity contribution >= 4 is 35.1 Å². The zero-order valence-electron chi connectivity index (χ0n) is 18.9. The topological polar surface area (TPSA) is 35.6 Å². The number of hydrogen-bond acceptors (Lipinski definition) is 2. The molecule has 2 amide bonds. The molecular formula is C28H27ClFN3O. The molecule has 2 aliphatic rings. The van der Waals surface area contributed by atoms with E-state index in [2.05, 4.69) is 34.5 Å². The lowest BCUT2D eigenvalue weighted by Gasteiger charge is -2.39. The molecule has 5 rings (SSSR count). The number of carbonyl (C=O) groups is 1. The molecule has 0 aromatic heterocycles. The predicted octanol–water partition coefficient (Wildman–Crippen LogP) is 6.58. The maximum Gasteiger partial charge on any atom is 0.326 e. The zero-order chi connectivity index (χ0) is 23.5. The summed E-state index contributed by atoms with van der Waals surface area (Å²) >= 11 is 6.07. The van der Waals surface area contributed by atoms with Crippen LogP contribution < -0.4 is 10.2 Å². The Hall–Kier alpha value is -3.15. The van der Waals surface area contributed by atoms with Gasteiger partial charge in [0, 0.05) is 34.9 Å². The molecule has 2 heterocycles. The van der Waals surface area contributed by atoms with Gasteiger partial charge in [-0.2, -0.15) is 0 Å². The number of halogens is 2. The van der Waals surface area contributed by atoms with Crippen LogP contribution in [0.5, 0.6) is 0 Å². The van der Waals surface area contributed by atoms with Crippen molar-refractivity contribution in [3.8, 4) is 0 Å². The van der Waals surface area contributed by atoms with Gasteiger partial charge in [0.15, 0.2) is 0 Å². The number of hydrogen-bond donors (Lipinski definition) is 1. The van der Waals surface area contributed by atoms with Gasteiger partial charge in [-0.1, -0.05) is 60.2 Å². The maximum atomic E-state index is 14.3. The number of carbonyl (C=O) groups excluding carboxylic acids is 1. The van der Waals surface area contributed by atoms with Gasteiger partial charge in [0.05, 0.1) is 0 Å². The summed E-state index contributed by atoms with van der Waals surface area (Å²) in [6, 6.07) is 21.9. The van der Waals surface area contributed by atoms with Crippen LogP contribution in [0.25, 0.3) is 6.08 Å². The molecule has 2 aliphatic heterocycles. The Kier molecular flexibility index (Phi) is 6.40. The minimum Gasteiger partial charge on any atom is -0.307 e. The summed E-state index contributed by atoms with van der Waals surface area (Å²) in [6.45, 7) is 3.23. The fourth-order valence-electron chi connectivity index (χ4n) is 5.07. The quantitative estimate of drug-likeness (QED) is 0.462. The van der Waals surface area contributed by atoms with Crippen LogP contribution in [0.2, 0.25) is 5.02 Å². The number of nitrogens with one attached hydrogen (secondary N) is 1. The summed E-state index contributed by atoms with van der Waals surface area (Å²) in [5.41, 5.74) is 3.33. The summed E-state index contributed by atoms with van der Waals surface area (Å²) in [6.07, 6.45) is 6.10. The molecule has 4 nitrogen and oxygen atoms in total. The minimum absolute atomic E-state index is 0.222. The average Bonchev–Trinajstić information content (AvgIpc) is 3.14.